The average Bonchev–Trinajstić information content (AvgIpc) is 2.19. The number of anilines is 1. The summed E-state index contributed by atoms with van der Waals surface area (Å²) in [5.74, 6) is 0.0666. The SMILES string of the molecule is CN=C(N)Nc1ccc(C)c(C(F)(F)F)c1. The second kappa shape index (κ2) is 4.42. The van der Waals surface area contributed by atoms with E-state index in [2.05, 4.69) is 10.3 Å². The third-order valence-electron chi connectivity index (χ3n) is 2.06. The molecule has 0 fully saturated rings. The summed E-state index contributed by atoms with van der Waals surface area (Å²) in [5, 5.41) is 2.56. The highest BCUT2D eigenvalue weighted by atomic mass is 19.4. The molecule has 6 heteroatoms. The Kier molecular flexibility index (Phi) is 3.41. The van der Waals surface area contributed by atoms with E-state index in [1.165, 1.54) is 26.1 Å². The minimum Gasteiger partial charge on any atom is -0.370 e. The van der Waals surface area contributed by atoms with E-state index in [4.69, 9.17) is 5.73 Å². The molecule has 0 aromatic heterocycles. The molecule has 16 heavy (non-hydrogen) atoms. The van der Waals surface area contributed by atoms with Crippen molar-refractivity contribution < 1.29 is 13.2 Å². The summed E-state index contributed by atoms with van der Waals surface area (Å²) in [6.45, 7) is 1.41. The van der Waals surface area contributed by atoms with Crippen LogP contribution in [-0.4, -0.2) is 13.0 Å². The van der Waals surface area contributed by atoms with Crippen LogP contribution >= 0.6 is 0 Å². The van der Waals surface area contributed by atoms with Crippen molar-refractivity contribution in [2.75, 3.05) is 12.4 Å². The number of nitrogens with zero attached hydrogens (tertiary/aromatic N) is 1. The molecule has 0 heterocycles. The number of nitrogens with one attached hydrogen (secondary N) is 1. The van der Waals surface area contributed by atoms with Gasteiger partial charge in [-0.3, -0.25) is 4.99 Å². The molecular weight excluding hydrogens is 219 g/mol. The Morgan fingerprint density at radius 1 is 1.38 bits per heavy atom. The number of benzene rings is 1. The molecule has 0 amide bonds. The zero-order chi connectivity index (χ0) is 12.3. The topological polar surface area (TPSA) is 50.4 Å². The third-order valence-corrected chi connectivity index (χ3v) is 2.06. The summed E-state index contributed by atoms with van der Waals surface area (Å²) in [6, 6.07) is 3.91. The van der Waals surface area contributed by atoms with Crippen LogP contribution < -0.4 is 11.1 Å². The van der Waals surface area contributed by atoms with Gasteiger partial charge in [-0.15, -0.1) is 0 Å². The highest BCUT2D eigenvalue weighted by molar-refractivity contribution is 5.92. The molecule has 0 saturated carbocycles. The highest BCUT2D eigenvalue weighted by Gasteiger charge is 2.32. The molecule has 0 bridgehead atoms. The normalized spacial score (nSPS) is 12.7. The Labute approximate surface area is 91.2 Å². The molecule has 0 spiro atoms. The van der Waals surface area contributed by atoms with E-state index in [1.54, 1.807) is 0 Å². The largest absolute Gasteiger partial charge is 0.416 e. The first-order valence-electron chi connectivity index (χ1n) is 4.51. The Balaban J connectivity index is 3.08. The fourth-order valence-corrected chi connectivity index (χ4v) is 1.21. The number of guanidine groups is 1. The maximum atomic E-state index is 12.6. The van der Waals surface area contributed by atoms with Crippen LogP contribution in [0.5, 0.6) is 0 Å². The number of alkyl halides is 3. The quantitative estimate of drug-likeness (QED) is 0.576. The fraction of sp³-hybridized carbons (Fsp3) is 0.300. The number of nitrogens with two attached hydrogens (primary N) is 1. The van der Waals surface area contributed by atoms with Crippen LogP contribution in [-0.2, 0) is 6.18 Å². The van der Waals surface area contributed by atoms with Crippen LogP contribution in [0.1, 0.15) is 11.1 Å². The monoisotopic (exact) mass is 231 g/mol. The van der Waals surface area contributed by atoms with Gasteiger partial charge in [-0.2, -0.15) is 13.2 Å². The molecule has 0 aliphatic rings. The Hall–Kier alpha value is -1.72. The van der Waals surface area contributed by atoms with Crippen molar-refractivity contribution in [1.29, 1.82) is 0 Å². The van der Waals surface area contributed by atoms with Crippen molar-refractivity contribution in [2.24, 2.45) is 10.7 Å². The van der Waals surface area contributed by atoms with Crippen LogP contribution in [0, 0.1) is 6.92 Å². The van der Waals surface area contributed by atoms with Gasteiger partial charge in [-0.05, 0) is 24.6 Å². The average molecular weight is 231 g/mol. The number of aliphatic imine (C=N–C) groups is 1. The van der Waals surface area contributed by atoms with E-state index in [-0.39, 0.29) is 17.2 Å². The van der Waals surface area contributed by atoms with E-state index in [1.807, 2.05) is 0 Å². The third kappa shape index (κ3) is 2.88. The summed E-state index contributed by atoms with van der Waals surface area (Å²) in [4.78, 5) is 3.60. The van der Waals surface area contributed by atoms with E-state index >= 15 is 0 Å². The second-order valence-electron chi connectivity index (χ2n) is 3.26. The second-order valence-corrected chi connectivity index (χ2v) is 3.26. The van der Waals surface area contributed by atoms with Crippen LogP contribution in [0.3, 0.4) is 0 Å². The Morgan fingerprint density at radius 2 is 2.00 bits per heavy atom. The minimum atomic E-state index is -4.36. The van der Waals surface area contributed by atoms with E-state index in [0.29, 0.717) is 0 Å². The maximum Gasteiger partial charge on any atom is 0.416 e. The van der Waals surface area contributed by atoms with Gasteiger partial charge in [0.1, 0.15) is 0 Å². The van der Waals surface area contributed by atoms with Crippen molar-refractivity contribution >= 4 is 11.6 Å². The predicted molar refractivity (Wildman–Crippen MR) is 57.4 cm³/mol. The van der Waals surface area contributed by atoms with Crippen molar-refractivity contribution in [3.63, 3.8) is 0 Å². The van der Waals surface area contributed by atoms with Gasteiger partial charge in [0.2, 0.25) is 0 Å². The first-order valence-corrected chi connectivity index (χ1v) is 4.51. The van der Waals surface area contributed by atoms with Gasteiger partial charge < -0.3 is 11.1 Å². The summed E-state index contributed by atoms with van der Waals surface area (Å²) in [6.07, 6.45) is -4.36. The number of hydrogen-bond acceptors (Lipinski definition) is 1. The molecule has 0 saturated heterocycles. The lowest BCUT2D eigenvalue weighted by Gasteiger charge is -2.12. The van der Waals surface area contributed by atoms with Gasteiger partial charge in [-0.25, -0.2) is 0 Å². The van der Waals surface area contributed by atoms with Crippen LogP contribution in [0.15, 0.2) is 23.2 Å². The van der Waals surface area contributed by atoms with Crippen LogP contribution in [0.4, 0.5) is 18.9 Å². The van der Waals surface area contributed by atoms with E-state index in [0.717, 1.165) is 6.07 Å². The molecule has 1 aromatic carbocycles. The molecule has 0 aliphatic carbocycles. The zero-order valence-electron chi connectivity index (χ0n) is 8.89. The molecule has 0 aliphatic heterocycles. The first kappa shape index (κ1) is 12.4. The van der Waals surface area contributed by atoms with E-state index in [9.17, 15) is 13.2 Å². The van der Waals surface area contributed by atoms with Gasteiger partial charge in [0.25, 0.3) is 0 Å². The zero-order valence-corrected chi connectivity index (χ0v) is 8.89. The van der Waals surface area contributed by atoms with Crippen molar-refractivity contribution in [3.8, 4) is 0 Å². The van der Waals surface area contributed by atoms with Crippen LogP contribution in [0.2, 0.25) is 0 Å². The molecule has 0 atom stereocenters. The van der Waals surface area contributed by atoms with E-state index < -0.39 is 11.7 Å². The lowest BCUT2D eigenvalue weighted by atomic mass is 10.1. The molecule has 3 N–H and O–H groups in total. The Bertz CT molecular complexity index is 410. The number of hydrogen-bond donors (Lipinski definition) is 2. The summed E-state index contributed by atoms with van der Waals surface area (Å²) in [7, 11) is 1.45. The van der Waals surface area contributed by atoms with Gasteiger partial charge in [0.05, 0.1) is 5.56 Å². The fourth-order valence-electron chi connectivity index (χ4n) is 1.21. The summed E-state index contributed by atoms with van der Waals surface area (Å²) in [5.41, 5.74) is 5.12. The molecule has 3 nitrogen and oxygen atoms in total. The maximum absolute atomic E-state index is 12.6. The van der Waals surface area contributed by atoms with Crippen molar-refractivity contribution in [3.05, 3.63) is 29.3 Å². The molecule has 0 unspecified atom stereocenters. The molecule has 88 valence electrons. The van der Waals surface area contributed by atoms with Crippen molar-refractivity contribution in [1.82, 2.24) is 0 Å². The van der Waals surface area contributed by atoms with Gasteiger partial charge >= 0.3 is 6.18 Å². The van der Waals surface area contributed by atoms with Crippen molar-refractivity contribution in [2.45, 2.75) is 13.1 Å². The number of aryl methyl sites for hydroxylation is 1. The number of halogens is 3. The molecular formula is C10H12F3N3. The van der Waals surface area contributed by atoms with Crippen LogP contribution in [0.25, 0.3) is 0 Å². The lowest BCUT2D eigenvalue weighted by Crippen LogP contribution is -2.22. The van der Waals surface area contributed by atoms with Gasteiger partial charge in [-0.1, -0.05) is 6.07 Å². The summed E-state index contributed by atoms with van der Waals surface area (Å²) < 4.78 is 37.7. The number of rotatable bonds is 1. The van der Waals surface area contributed by atoms with Gasteiger partial charge in [0.15, 0.2) is 5.96 Å². The highest BCUT2D eigenvalue weighted by Crippen LogP contribution is 2.33. The van der Waals surface area contributed by atoms with Gasteiger partial charge in [0, 0.05) is 12.7 Å². The minimum absolute atomic E-state index is 0.0666. The molecule has 0 radical (unpaired) electrons. The standard InChI is InChI=1S/C10H12F3N3/c1-6-3-4-7(16-9(14)15-2)5-8(6)10(11,12)13/h3-5H,1-2H3,(H3,14,15,16). The summed E-state index contributed by atoms with van der Waals surface area (Å²) >= 11 is 0. The lowest BCUT2D eigenvalue weighted by molar-refractivity contribution is -0.138. The molecule has 1 rings (SSSR count). The molecule has 1 aromatic rings. The first-order chi connectivity index (χ1) is 7.34. The smallest absolute Gasteiger partial charge is 0.370 e. The Morgan fingerprint density at radius 3 is 2.50 bits per heavy atom. The predicted octanol–water partition coefficient (Wildman–Crippen LogP) is 2.37.